The van der Waals surface area contributed by atoms with Crippen molar-refractivity contribution in [2.24, 2.45) is 4.99 Å². The van der Waals surface area contributed by atoms with Crippen molar-refractivity contribution in [2.75, 3.05) is 5.75 Å². The first kappa shape index (κ1) is 13.2. The molecule has 3 rings (SSSR count). The second kappa shape index (κ2) is 4.94. The summed E-state index contributed by atoms with van der Waals surface area (Å²) >= 11 is 14.8. The first-order valence-corrected chi connectivity index (χ1v) is 7.80. The van der Waals surface area contributed by atoms with E-state index in [0.29, 0.717) is 31.4 Å². The first-order chi connectivity index (χ1) is 9.04. The third-order valence-electron chi connectivity index (χ3n) is 2.53. The average molecular weight is 333 g/mol. The Labute approximate surface area is 126 Å². The number of aromatic nitrogens is 1. The minimum atomic E-state index is -0.912. The van der Waals surface area contributed by atoms with Crippen LogP contribution in [0.1, 0.15) is 5.01 Å². The molecule has 0 radical (unpaired) electrons. The monoisotopic (exact) mass is 332 g/mol. The Hall–Kier alpha value is -0.820. The van der Waals surface area contributed by atoms with Crippen LogP contribution in [0.4, 0.5) is 0 Å². The summed E-state index contributed by atoms with van der Waals surface area (Å²) in [6.07, 6.45) is 0. The maximum Gasteiger partial charge on any atom is 0.329 e. The normalized spacial score (nSPS) is 18.8. The highest BCUT2D eigenvalue weighted by atomic mass is 35.5. The molecule has 1 aromatic carbocycles. The van der Waals surface area contributed by atoms with E-state index in [1.165, 1.54) is 23.1 Å². The molecule has 0 spiro atoms. The molecule has 0 saturated carbocycles. The highest BCUT2D eigenvalue weighted by Gasteiger charge is 2.27. The van der Waals surface area contributed by atoms with Gasteiger partial charge in [0.1, 0.15) is 10.1 Å². The van der Waals surface area contributed by atoms with Crippen LogP contribution < -0.4 is 0 Å². The van der Waals surface area contributed by atoms with E-state index < -0.39 is 12.0 Å². The van der Waals surface area contributed by atoms with Gasteiger partial charge in [-0.1, -0.05) is 23.2 Å². The average Bonchev–Trinajstić information content (AvgIpc) is 2.92. The van der Waals surface area contributed by atoms with Crippen molar-refractivity contribution in [2.45, 2.75) is 6.04 Å². The Morgan fingerprint density at radius 3 is 2.89 bits per heavy atom. The van der Waals surface area contributed by atoms with Gasteiger partial charge >= 0.3 is 5.97 Å². The zero-order valence-electron chi connectivity index (χ0n) is 9.26. The predicted molar refractivity (Wildman–Crippen MR) is 80.1 cm³/mol. The molecule has 2 heterocycles. The number of carboxylic acids is 1. The van der Waals surface area contributed by atoms with Gasteiger partial charge in [-0.15, -0.1) is 23.1 Å². The lowest BCUT2D eigenvalue weighted by molar-refractivity contribution is -0.137. The van der Waals surface area contributed by atoms with Gasteiger partial charge < -0.3 is 5.11 Å². The van der Waals surface area contributed by atoms with Crippen LogP contribution in [0.2, 0.25) is 10.0 Å². The number of thioether (sulfide) groups is 1. The SMILES string of the molecule is O=C(O)C1CSC(c2nc3cc(Cl)cc(Cl)c3s2)=N1. The quantitative estimate of drug-likeness (QED) is 0.913. The van der Waals surface area contributed by atoms with E-state index in [2.05, 4.69) is 9.98 Å². The number of aliphatic carboxylic acids is 1. The Morgan fingerprint density at radius 1 is 1.42 bits per heavy atom. The molecule has 8 heteroatoms. The molecule has 2 aromatic rings. The number of benzene rings is 1. The van der Waals surface area contributed by atoms with Crippen LogP contribution in [0.15, 0.2) is 17.1 Å². The van der Waals surface area contributed by atoms with E-state index in [0.717, 1.165) is 4.70 Å². The van der Waals surface area contributed by atoms with Crippen LogP contribution in [0.3, 0.4) is 0 Å². The van der Waals surface area contributed by atoms with E-state index in [1.54, 1.807) is 12.1 Å². The lowest BCUT2D eigenvalue weighted by Gasteiger charge is -1.93. The Balaban J connectivity index is 2.05. The summed E-state index contributed by atoms with van der Waals surface area (Å²) in [5, 5.41) is 11.3. The molecule has 98 valence electrons. The Bertz CT molecular complexity index is 714. The Morgan fingerprint density at radius 2 is 2.21 bits per heavy atom. The number of nitrogens with zero attached hydrogens (tertiary/aromatic N) is 2. The zero-order chi connectivity index (χ0) is 13.6. The van der Waals surface area contributed by atoms with Crippen LogP contribution in [-0.2, 0) is 4.79 Å². The lowest BCUT2D eigenvalue weighted by atomic mass is 10.3. The minimum absolute atomic E-state index is 0.440. The second-order valence-electron chi connectivity index (χ2n) is 3.85. The van der Waals surface area contributed by atoms with Gasteiger partial charge in [-0.25, -0.2) is 9.78 Å². The van der Waals surface area contributed by atoms with E-state index in [4.69, 9.17) is 28.3 Å². The molecule has 1 aliphatic heterocycles. The van der Waals surface area contributed by atoms with Crippen molar-refractivity contribution < 1.29 is 9.90 Å². The number of carboxylic acid groups (broad SMARTS) is 1. The van der Waals surface area contributed by atoms with Gasteiger partial charge in [0.2, 0.25) is 0 Å². The number of aliphatic imine (C=N–C) groups is 1. The number of rotatable bonds is 2. The molecule has 1 unspecified atom stereocenters. The number of thiazole rings is 1. The highest BCUT2D eigenvalue weighted by Crippen LogP contribution is 2.35. The molecule has 1 aromatic heterocycles. The molecule has 1 N–H and O–H groups in total. The van der Waals surface area contributed by atoms with Crippen molar-refractivity contribution in [3.8, 4) is 0 Å². The molecule has 0 fully saturated rings. The van der Waals surface area contributed by atoms with Gasteiger partial charge in [0, 0.05) is 10.8 Å². The zero-order valence-corrected chi connectivity index (χ0v) is 12.4. The van der Waals surface area contributed by atoms with Crippen molar-refractivity contribution >= 4 is 67.5 Å². The standard InChI is InChI=1S/C11H6Cl2N2O2S2/c12-4-1-5(13)8-6(2-4)14-10(19-8)9-15-7(3-18-9)11(16)17/h1-2,7H,3H2,(H,16,17). The molecule has 0 bridgehead atoms. The van der Waals surface area contributed by atoms with Crippen molar-refractivity contribution in [3.63, 3.8) is 0 Å². The number of carbonyl (C=O) groups is 1. The van der Waals surface area contributed by atoms with E-state index in [-0.39, 0.29) is 0 Å². The predicted octanol–water partition coefficient (Wildman–Crippen LogP) is 3.55. The van der Waals surface area contributed by atoms with Gasteiger partial charge in [0.15, 0.2) is 6.04 Å². The third-order valence-corrected chi connectivity index (χ3v) is 5.45. The first-order valence-electron chi connectivity index (χ1n) is 5.24. The summed E-state index contributed by atoms with van der Waals surface area (Å²) in [6.45, 7) is 0. The van der Waals surface area contributed by atoms with E-state index in [1.807, 2.05) is 0 Å². The molecular weight excluding hydrogens is 327 g/mol. The maximum atomic E-state index is 10.9. The second-order valence-corrected chi connectivity index (χ2v) is 6.71. The molecule has 0 saturated heterocycles. The van der Waals surface area contributed by atoms with Crippen molar-refractivity contribution in [1.29, 1.82) is 0 Å². The lowest BCUT2D eigenvalue weighted by Crippen LogP contribution is -2.17. The number of hydrogen-bond donors (Lipinski definition) is 1. The van der Waals surface area contributed by atoms with Crippen LogP contribution in [0.25, 0.3) is 10.2 Å². The van der Waals surface area contributed by atoms with Crippen LogP contribution >= 0.6 is 46.3 Å². The van der Waals surface area contributed by atoms with Crippen molar-refractivity contribution in [1.82, 2.24) is 4.98 Å². The molecule has 1 atom stereocenters. The highest BCUT2D eigenvalue weighted by molar-refractivity contribution is 8.15. The fourth-order valence-electron chi connectivity index (χ4n) is 1.67. The summed E-state index contributed by atoms with van der Waals surface area (Å²) < 4.78 is 0.836. The van der Waals surface area contributed by atoms with E-state index >= 15 is 0 Å². The fraction of sp³-hybridized carbons (Fsp3) is 0.182. The topological polar surface area (TPSA) is 62.5 Å². The van der Waals surface area contributed by atoms with E-state index in [9.17, 15) is 4.79 Å². The molecular formula is C11H6Cl2N2O2S2. The minimum Gasteiger partial charge on any atom is -0.480 e. The molecule has 4 nitrogen and oxygen atoms in total. The number of hydrogen-bond acceptors (Lipinski definition) is 5. The van der Waals surface area contributed by atoms with Crippen LogP contribution in [0, 0.1) is 0 Å². The third kappa shape index (κ3) is 2.45. The Kier molecular flexibility index (Phi) is 3.42. The van der Waals surface area contributed by atoms with Gasteiger partial charge in [-0.2, -0.15) is 0 Å². The van der Waals surface area contributed by atoms with Crippen LogP contribution in [-0.4, -0.2) is 32.9 Å². The smallest absolute Gasteiger partial charge is 0.329 e. The summed E-state index contributed by atoms with van der Waals surface area (Å²) in [4.78, 5) is 19.4. The van der Waals surface area contributed by atoms with Gasteiger partial charge in [0.25, 0.3) is 0 Å². The molecule has 0 aliphatic carbocycles. The van der Waals surface area contributed by atoms with Gasteiger partial charge in [-0.05, 0) is 12.1 Å². The summed E-state index contributed by atoms with van der Waals surface area (Å²) in [7, 11) is 0. The number of halogens is 2. The maximum absolute atomic E-state index is 10.9. The molecule has 19 heavy (non-hydrogen) atoms. The summed E-state index contributed by atoms with van der Waals surface area (Å²) in [5.74, 6) is -0.473. The van der Waals surface area contributed by atoms with Crippen LogP contribution in [0.5, 0.6) is 0 Å². The van der Waals surface area contributed by atoms with Crippen molar-refractivity contribution in [3.05, 3.63) is 27.2 Å². The fourth-order valence-corrected chi connectivity index (χ4v) is 4.32. The molecule has 0 amide bonds. The summed E-state index contributed by atoms with van der Waals surface area (Å²) in [5.41, 5.74) is 0.708. The summed E-state index contributed by atoms with van der Waals surface area (Å²) in [6, 6.07) is 2.71. The van der Waals surface area contributed by atoms with Gasteiger partial charge in [0.05, 0.1) is 15.2 Å². The number of fused-ring (bicyclic) bond motifs is 1. The van der Waals surface area contributed by atoms with Gasteiger partial charge in [-0.3, -0.25) is 4.99 Å². The largest absolute Gasteiger partial charge is 0.480 e. The molecule has 1 aliphatic rings.